The molecule has 11 heteroatoms. The Bertz CT molecular complexity index is 1060. The van der Waals surface area contributed by atoms with Gasteiger partial charge in [0.2, 0.25) is 15.9 Å². The number of carbonyl (C=O) groups is 2. The zero-order valence-corrected chi connectivity index (χ0v) is 19.8. The van der Waals surface area contributed by atoms with Crippen molar-refractivity contribution in [3.8, 4) is 0 Å². The summed E-state index contributed by atoms with van der Waals surface area (Å²) in [6.45, 7) is 8.07. The molecule has 31 heavy (non-hydrogen) atoms. The summed E-state index contributed by atoms with van der Waals surface area (Å²) in [5.74, 6) is -0.174. The molecule has 1 aliphatic heterocycles. The van der Waals surface area contributed by atoms with E-state index in [1.165, 1.54) is 21.0 Å². The summed E-state index contributed by atoms with van der Waals surface area (Å²) in [5.41, 5.74) is 1.42. The van der Waals surface area contributed by atoms with E-state index in [-0.39, 0.29) is 22.6 Å². The third-order valence-electron chi connectivity index (χ3n) is 5.25. The van der Waals surface area contributed by atoms with Crippen LogP contribution in [0.4, 0.5) is 4.79 Å². The van der Waals surface area contributed by atoms with Gasteiger partial charge in [-0.15, -0.1) is 0 Å². The van der Waals surface area contributed by atoms with Gasteiger partial charge in [-0.05, 0) is 24.6 Å². The number of carbonyl (C=O) groups excluding carboxylic acids is 2. The molecule has 0 saturated carbocycles. The number of nitrogens with zero attached hydrogens (tertiary/aromatic N) is 4. The van der Waals surface area contributed by atoms with Crippen molar-refractivity contribution < 1.29 is 18.0 Å². The van der Waals surface area contributed by atoms with E-state index in [2.05, 4.69) is 17.2 Å². The molecule has 1 fully saturated rings. The van der Waals surface area contributed by atoms with Crippen LogP contribution in [0.25, 0.3) is 11.0 Å². The predicted molar refractivity (Wildman–Crippen MR) is 121 cm³/mol. The number of aryl methyl sites for hydroxylation is 1. The second-order valence-corrected chi connectivity index (χ2v) is 10.1. The number of urea groups is 1. The van der Waals surface area contributed by atoms with Crippen molar-refractivity contribution in [3.05, 3.63) is 18.2 Å². The molecule has 0 atom stereocenters. The topological polar surface area (TPSA) is 105 Å². The molecule has 2 aromatic rings. The molecule has 170 valence electrons. The molecule has 0 radical (unpaired) electrons. The number of imidazole rings is 1. The van der Waals surface area contributed by atoms with Crippen molar-refractivity contribution in [2.75, 3.05) is 31.9 Å². The van der Waals surface area contributed by atoms with Crippen LogP contribution in [0.5, 0.6) is 0 Å². The van der Waals surface area contributed by atoms with E-state index in [1.54, 1.807) is 18.2 Å². The fourth-order valence-corrected chi connectivity index (χ4v) is 5.91. The van der Waals surface area contributed by atoms with Gasteiger partial charge < -0.3 is 9.88 Å². The van der Waals surface area contributed by atoms with E-state index in [0.717, 1.165) is 24.9 Å². The minimum atomic E-state index is -3.58. The standard InChI is InChI=1S/C20H29N5O4S2/c1-4-7-11-24-17-9-8-15(31(28,29)23(5-2)6-3)13-16(17)22-20(24)30-14-18(26)25-12-10-21-19(25)27/h8-9,13H,4-7,10-12,14H2,1-3H3,(H,21,27). The number of hydrogen-bond donors (Lipinski definition) is 1. The Kier molecular flexibility index (Phi) is 7.60. The SMILES string of the molecule is CCCCn1c(SCC(=O)N2CCNC2=O)nc2cc(S(=O)(=O)N(CC)CC)ccc21. The Morgan fingerprint density at radius 1 is 1.26 bits per heavy atom. The minimum Gasteiger partial charge on any atom is -0.336 e. The number of rotatable bonds is 10. The number of nitrogens with one attached hydrogen (secondary N) is 1. The molecule has 3 amide bonds. The molecule has 3 rings (SSSR count). The van der Waals surface area contributed by atoms with Gasteiger partial charge in [0.25, 0.3) is 0 Å². The Hall–Kier alpha value is -2.11. The van der Waals surface area contributed by atoms with Crippen LogP contribution in [0, 0.1) is 0 Å². The Morgan fingerprint density at radius 3 is 2.61 bits per heavy atom. The molecule has 0 bridgehead atoms. The molecular formula is C20H29N5O4S2. The highest BCUT2D eigenvalue weighted by Gasteiger charge is 2.27. The van der Waals surface area contributed by atoms with Crippen LogP contribution in [0.3, 0.4) is 0 Å². The molecule has 1 aliphatic rings. The zero-order valence-electron chi connectivity index (χ0n) is 18.1. The number of sulfonamides is 1. The summed E-state index contributed by atoms with van der Waals surface area (Å²) in [4.78, 5) is 30.2. The van der Waals surface area contributed by atoms with Gasteiger partial charge in [0, 0.05) is 32.7 Å². The van der Waals surface area contributed by atoms with Crippen LogP contribution >= 0.6 is 11.8 Å². The van der Waals surface area contributed by atoms with Gasteiger partial charge in [-0.1, -0.05) is 39.0 Å². The summed E-state index contributed by atoms with van der Waals surface area (Å²) >= 11 is 1.27. The number of aromatic nitrogens is 2. The molecule has 1 aromatic heterocycles. The van der Waals surface area contributed by atoms with Crippen LogP contribution in [-0.2, 0) is 21.4 Å². The highest BCUT2D eigenvalue weighted by atomic mass is 32.2. The van der Waals surface area contributed by atoms with E-state index in [0.29, 0.717) is 36.9 Å². The summed E-state index contributed by atoms with van der Waals surface area (Å²) in [6.07, 6.45) is 1.92. The maximum Gasteiger partial charge on any atom is 0.324 e. The minimum absolute atomic E-state index is 0.0907. The fraction of sp³-hybridized carbons (Fsp3) is 0.550. The van der Waals surface area contributed by atoms with Crippen LogP contribution in [-0.4, -0.2) is 71.0 Å². The normalized spacial score (nSPS) is 14.6. The van der Waals surface area contributed by atoms with Gasteiger partial charge in [-0.3, -0.25) is 9.69 Å². The van der Waals surface area contributed by atoms with Gasteiger partial charge in [0.05, 0.1) is 21.7 Å². The van der Waals surface area contributed by atoms with Crippen molar-refractivity contribution in [2.24, 2.45) is 0 Å². The van der Waals surface area contributed by atoms with Gasteiger partial charge in [-0.2, -0.15) is 4.31 Å². The van der Waals surface area contributed by atoms with Crippen LogP contribution in [0.2, 0.25) is 0 Å². The molecule has 1 aromatic carbocycles. The smallest absolute Gasteiger partial charge is 0.324 e. The highest BCUT2D eigenvalue weighted by Crippen LogP contribution is 2.28. The second kappa shape index (κ2) is 10.0. The van der Waals surface area contributed by atoms with Crippen LogP contribution in [0.15, 0.2) is 28.3 Å². The third kappa shape index (κ3) is 4.88. The largest absolute Gasteiger partial charge is 0.336 e. The number of hydrogen-bond acceptors (Lipinski definition) is 6. The predicted octanol–water partition coefficient (Wildman–Crippen LogP) is 2.51. The van der Waals surface area contributed by atoms with Gasteiger partial charge >= 0.3 is 6.03 Å². The zero-order chi connectivity index (χ0) is 22.6. The second-order valence-electron chi connectivity index (χ2n) is 7.21. The van der Waals surface area contributed by atoms with E-state index in [4.69, 9.17) is 0 Å². The van der Waals surface area contributed by atoms with E-state index in [9.17, 15) is 18.0 Å². The Labute approximate surface area is 187 Å². The fourth-order valence-electron chi connectivity index (χ4n) is 3.52. The van der Waals surface area contributed by atoms with Gasteiger partial charge in [0.15, 0.2) is 5.16 Å². The van der Waals surface area contributed by atoms with Crippen molar-refractivity contribution in [1.82, 2.24) is 24.1 Å². The highest BCUT2D eigenvalue weighted by molar-refractivity contribution is 7.99. The molecule has 0 unspecified atom stereocenters. The molecular weight excluding hydrogens is 438 g/mol. The number of benzene rings is 1. The number of imide groups is 1. The summed E-state index contributed by atoms with van der Waals surface area (Å²) < 4.78 is 29.2. The molecule has 0 aliphatic carbocycles. The lowest BCUT2D eigenvalue weighted by Gasteiger charge is -2.18. The third-order valence-corrected chi connectivity index (χ3v) is 8.25. The molecule has 2 heterocycles. The molecule has 1 N–H and O–H groups in total. The van der Waals surface area contributed by atoms with Crippen molar-refractivity contribution >= 4 is 44.8 Å². The van der Waals surface area contributed by atoms with Crippen molar-refractivity contribution in [1.29, 1.82) is 0 Å². The van der Waals surface area contributed by atoms with Gasteiger partial charge in [-0.25, -0.2) is 18.2 Å². The average molecular weight is 468 g/mol. The number of unbranched alkanes of at least 4 members (excludes halogenated alkanes) is 1. The number of fused-ring (bicyclic) bond motifs is 1. The van der Waals surface area contributed by atoms with E-state index in [1.807, 2.05) is 18.4 Å². The lowest BCUT2D eigenvalue weighted by Crippen LogP contribution is -2.35. The molecule has 1 saturated heterocycles. The van der Waals surface area contributed by atoms with E-state index >= 15 is 0 Å². The van der Waals surface area contributed by atoms with Crippen molar-refractivity contribution in [2.45, 2.75) is 50.2 Å². The summed E-state index contributed by atoms with van der Waals surface area (Å²) in [6, 6.07) is 4.64. The molecule has 0 spiro atoms. The first-order valence-corrected chi connectivity index (χ1v) is 13.0. The lowest BCUT2D eigenvalue weighted by atomic mass is 10.3. The van der Waals surface area contributed by atoms with Crippen molar-refractivity contribution in [3.63, 3.8) is 0 Å². The lowest BCUT2D eigenvalue weighted by molar-refractivity contribution is -0.124. The maximum atomic E-state index is 12.9. The van der Waals surface area contributed by atoms with E-state index < -0.39 is 10.0 Å². The van der Waals surface area contributed by atoms with Crippen LogP contribution in [0.1, 0.15) is 33.6 Å². The van der Waals surface area contributed by atoms with Crippen LogP contribution < -0.4 is 5.32 Å². The van der Waals surface area contributed by atoms with Gasteiger partial charge in [0.1, 0.15) is 0 Å². The summed E-state index contributed by atoms with van der Waals surface area (Å²) in [7, 11) is -3.58. The first kappa shape index (κ1) is 23.6. The Morgan fingerprint density at radius 2 is 2.00 bits per heavy atom. The number of thioether (sulfide) groups is 1. The maximum absolute atomic E-state index is 12.9. The Balaban J connectivity index is 1.91. The average Bonchev–Trinajstić information content (AvgIpc) is 3.33. The monoisotopic (exact) mass is 467 g/mol. The summed E-state index contributed by atoms with van der Waals surface area (Å²) in [5, 5.41) is 3.27. The first-order valence-electron chi connectivity index (χ1n) is 10.5. The molecule has 9 nitrogen and oxygen atoms in total. The first-order chi connectivity index (χ1) is 14.8. The quantitative estimate of drug-likeness (QED) is 0.539. The number of amides is 3.